The maximum atomic E-state index is 12.6. The number of hydrogen-bond donors (Lipinski definition) is 1. The number of hydrogen-bond acceptors (Lipinski definition) is 4. The molecular weight excluding hydrogens is 300 g/mol. The Labute approximate surface area is 143 Å². The topological polar surface area (TPSA) is 48.5 Å². The van der Waals surface area contributed by atoms with Crippen molar-refractivity contribution >= 4 is 17.4 Å². The average Bonchev–Trinajstić information content (AvgIpc) is 2.68. The van der Waals surface area contributed by atoms with Crippen molar-refractivity contribution in [2.24, 2.45) is 0 Å². The van der Waals surface area contributed by atoms with Gasteiger partial charge in [0.15, 0.2) is 0 Å². The van der Waals surface area contributed by atoms with E-state index in [9.17, 15) is 4.79 Å². The minimum absolute atomic E-state index is 0.0447. The predicted octanol–water partition coefficient (Wildman–Crippen LogP) is 2.67. The molecule has 1 aliphatic rings. The summed E-state index contributed by atoms with van der Waals surface area (Å²) in [4.78, 5) is 21.0. The number of pyridine rings is 1. The molecule has 5 heteroatoms. The van der Waals surface area contributed by atoms with E-state index >= 15 is 0 Å². The second kappa shape index (κ2) is 7.45. The Morgan fingerprint density at radius 3 is 2.42 bits per heavy atom. The third kappa shape index (κ3) is 3.57. The van der Waals surface area contributed by atoms with Gasteiger partial charge in [-0.25, -0.2) is 4.98 Å². The second-order valence-corrected chi connectivity index (χ2v) is 6.20. The van der Waals surface area contributed by atoms with E-state index in [4.69, 9.17) is 0 Å². The smallest absolute Gasteiger partial charge is 0.255 e. The van der Waals surface area contributed by atoms with Crippen LogP contribution in [0.15, 0.2) is 48.7 Å². The normalized spacial score (nSPS) is 15.1. The fourth-order valence-electron chi connectivity index (χ4n) is 3.06. The number of piperidine rings is 1. The summed E-state index contributed by atoms with van der Waals surface area (Å²) in [7, 11) is 3.86. The molecule has 1 aromatic heterocycles. The van der Waals surface area contributed by atoms with Crippen molar-refractivity contribution in [3.05, 3.63) is 54.2 Å². The number of amides is 1. The van der Waals surface area contributed by atoms with Crippen LogP contribution in [0.1, 0.15) is 23.2 Å². The molecular formula is C19H24N4O. The Kier molecular flexibility index (Phi) is 5.11. The van der Waals surface area contributed by atoms with E-state index in [1.165, 1.54) is 0 Å². The first-order valence-corrected chi connectivity index (χ1v) is 8.39. The van der Waals surface area contributed by atoms with Crippen LogP contribution in [0, 0.1) is 0 Å². The van der Waals surface area contributed by atoms with Gasteiger partial charge in [0.1, 0.15) is 5.82 Å². The molecule has 0 saturated carbocycles. The molecule has 2 aromatic rings. The van der Waals surface area contributed by atoms with Crippen molar-refractivity contribution in [2.45, 2.75) is 18.9 Å². The molecule has 5 nitrogen and oxygen atoms in total. The first-order valence-electron chi connectivity index (χ1n) is 8.39. The highest BCUT2D eigenvalue weighted by molar-refractivity contribution is 5.94. The summed E-state index contributed by atoms with van der Waals surface area (Å²) in [6, 6.07) is 14.1. The number of nitrogens with one attached hydrogen (secondary N) is 1. The fourth-order valence-corrected chi connectivity index (χ4v) is 3.06. The summed E-state index contributed by atoms with van der Waals surface area (Å²) in [5.41, 5.74) is 1.71. The summed E-state index contributed by atoms with van der Waals surface area (Å²) < 4.78 is 0. The van der Waals surface area contributed by atoms with E-state index in [1.807, 2.05) is 66.4 Å². The fraction of sp³-hybridized carbons (Fsp3) is 0.368. The quantitative estimate of drug-likeness (QED) is 0.939. The Morgan fingerprint density at radius 1 is 1.08 bits per heavy atom. The van der Waals surface area contributed by atoms with E-state index in [1.54, 1.807) is 6.20 Å². The zero-order valence-electron chi connectivity index (χ0n) is 14.3. The molecule has 2 heterocycles. The first-order chi connectivity index (χ1) is 11.7. The van der Waals surface area contributed by atoms with Gasteiger partial charge in [-0.2, -0.15) is 0 Å². The van der Waals surface area contributed by atoms with Crippen molar-refractivity contribution < 1.29 is 4.79 Å². The lowest BCUT2D eigenvalue weighted by Gasteiger charge is -2.31. The van der Waals surface area contributed by atoms with Crippen LogP contribution in [-0.2, 0) is 0 Å². The van der Waals surface area contributed by atoms with E-state index in [-0.39, 0.29) is 5.91 Å². The lowest BCUT2D eigenvalue weighted by molar-refractivity contribution is 0.0703. The van der Waals surface area contributed by atoms with E-state index in [0.717, 1.165) is 37.4 Å². The monoisotopic (exact) mass is 324 g/mol. The van der Waals surface area contributed by atoms with Gasteiger partial charge in [-0.1, -0.05) is 18.2 Å². The molecule has 1 fully saturated rings. The standard InChI is InChI=1S/C19H24N4O/c1-22(16-6-4-3-5-7-16)18-9-8-15(14-21-18)19(24)23(2)17-10-12-20-13-11-17/h3-9,14,17,20H,10-13H2,1-2H3. The lowest BCUT2D eigenvalue weighted by atomic mass is 10.0. The van der Waals surface area contributed by atoms with Gasteiger partial charge in [-0.3, -0.25) is 4.79 Å². The van der Waals surface area contributed by atoms with Crippen LogP contribution in [0.3, 0.4) is 0 Å². The SMILES string of the molecule is CN(c1ccccc1)c1ccc(C(=O)N(C)C2CCNCC2)cn1. The number of rotatable bonds is 4. The van der Waals surface area contributed by atoms with Crippen LogP contribution in [-0.4, -0.2) is 49.0 Å². The van der Waals surface area contributed by atoms with Crippen molar-refractivity contribution in [3.8, 4) is 0 Å². The van der Waals surface area contributed by atoms with Gasteiger partial charge in [-0.05, 0) is 50.2 Å². The average molecular weight is 324 g/mol. The number of benzene rings is 1. The molecule has 0 bridgehead atoms. The first kappa shape index (κ1) is 16.5. The van der Waals surface area contributed by atoms with Gasteiger partial charge in [0.05, 0.1) is 5.56 Å². The number of nitrogens with zero attached hydrogens (tertiary/aromatic N) is 3. The molecule has 1 saturated heterocycles. The molecule has 0 spiro atoms. The number of anilines is 2. The summed E-state index contributed by atoms with van der Waals surface area (Å²) in [5.74, 6) is 0.866. The Balaban J connectivity index is 1.70. The van der Waals surface area contributed by atoms with Crippen molar-refractivity contribution in [3.63, 3.8) is 0 Å². The molecule has 0 radical (unpaired) electrons. The number of para-hydroxylation sites is 1. The minimum atomic E-state index is 0.0447. The van der Waals surface area contributed by atoms with Crippen LogP contribution in [0.4, 0.5) is 11.5 Å². The Bertz CT molecular complexity index is 666. The van der Waals surface area contributed by atoms with Crippen LogP contribution in [0.5, 0.6) is 0 Å². The van der Waals surface area contributed by atoms with Crippen molar-refractivity contribution in [2.75, 3.05) is 32.1 Å². The Hall–Kier alpha value is -2.40. The molecule has 0 unspecified atom stereocenters. The van der Waals surface area contributed by atoms with Crippen LogP contribution in [0.25, 0.3) is 0 Å². The molecule has 24 heavy (non-hydrogen) atoms. The van der Waals surface area contributed by atoms with Gasteiger partial charge in [0, 0.05) is 32.0 Å². The van der Waals surface area contributed by atoms with Gasteiger partial charge in [0.2, 0.25) is 0 Å². The minimum Gasteiger partial charge on any atom is -0.339 e. The lowest BCUT2D eigenvalue weighted by Crippen LogP contribution is -2.44. The third-order valence-corrected chi connectivity index (χ3v) is 4.66. The molecule has 1 aliphatic heterocycles. The van der Waals surface area contributed by atoms with E-state index < -0.39 is 0 Å². The molecule has 3 rings (SSSR count). The van der Waals surface area contributed by atoms with Gasteiger partial charge >= 0.3 is 0 Å². The maximum Gasteiger partial charge on any atom is 0.255 e. The van der Waals surface area contributed by atoms with Gasteiger partial charge < -0.3 is 15.1 Å². The third-order valence-electron chi connectivity index (χ3n) is 4.66. The number of carbonyl (C=O) groups is 1. The molecule has 1 N–H and O–H groups in total. The number of aromatic nitrogens is 1. The highest BCUT2D eigenvalue weighted by Crippen LogP contribution is 2.21. The second-order valence-electron chi connectivity index (χ2n) is 6.20. The zero-order chi connectivity index (χ0) is 16.9. The van der Waals surface area contributed by atoms with E-state index in [2.05, 4.69) is 10.3 Å². The largest absolute Gasteiger partial charge is 0.339 e. The molecule has 1 aromatic carbocycles. The molecule has 0 atom stereocenters. The van der Waals surface area contributed by atoms with Crippen molar-refractivity contribution in [1.29, 1.82) is 0 Å². The summed E-state index contributed by atoms with van der Waals surface area (Å²) in [5, 5.41) is 3.33. The van der Waals surface area contributed by atoms with Gasteiger partial charge in [0.25, 0.3) is 5.91 Å². The van der Waals surface area contributed by atoms with Gasteiger partial charge in [-0.15, -0.1) is 0 Å². The van der Waals surface area contributed by atoms with Crippen LogP contribution >= 0.6 is 0 Å². The highest BCUT2D eigenvalue weighted by Gasteiger charge is 2.23. The van der Waals surface area contributed by atoms with Crippen molar-refractivity contribution in [1.82, 2.24) is 15.2 Å². The predicted molar refractivity (Wildman–Crippen MR) is 96.7 cm³/mol. The summed E-state index contributed by atoms with van der Waals surface area (Å²) >= 11 is 0. The number of carbonyl (C=O) groups excluding carboxylic acids is 1. The Morgan fingerprint density at radius 2 is 1.79 bits per heavy atom. The van der Waals surface area contributed by atoms with Crippen LogP contribution < -0.4 is 10.2 Å². The van der Waals surface area contributed by atoms with E-state index in [0.29, 0.717) is 11.6 Å². The molecule has 126 valence electrons. The zero-order valence-corrected chi connectivity index (χ0v) is 14.3. The molecule has 0 aliphatic carbocycles. The van der Waals surface area contributed by atoms with Crippen LogP contribution in [0.2, 0.25) is 0 Å². The summed E-state index contributed by atoms with van der Waals surface area (Å²) in [6.07, 6.45) is 3.68. The molecule has 1 amide bonds. The maximum absolute atomic E-state index is 12.6. The summed E-state index contributed by atoms with van der Waals surface area (Å²) in [6.45, 7) is 1.95. The highest BCUT2D eigenvalue weighted by atomic mass is 16.2.